The lowest BCUT2D eigenvalue weighted by atomic mass is 10.1. The maximum absolute atomic E-state index is 13.0. The van der Waals surface area contributed by atoms with Crippen molar-refractivity contribution in [2.75, 3.05) is 11.1 Å². The highest BCUT2D eigenvalue weighted by molar-refractivity contribution is 7.91. The molecule has 25 heavy (non-hydrogen) atoms. The number of sulfone groups is 1. The van der Waals surface area contributed by atoms with Crippen LogP contribution < -0.4 is 5.32 Å². The van der Waals surface area contributed by atoms with Crippen molar-refractivity contribution in [3.05, 3.63) is 53.6 Å². The number of anilines is 1. The van der Waals surface area contributed by atoms with Crippen molar-refractivity contribution in [2.45, 2.75) is 18.0 Å². The van der Waals surface area contributed by atoms with E-state index < -0.39 is 38.8 Å². The first kappa shape index (κ1) is 18.8. The quantitative estimate of drug-likeness (QED) is 0.804. The maximum atomic E-state index is 13.0. The van der Waals surface area contributed by atoms with Gasteiger partial charge in [-0.05, 0) is 30.3 Å². The number of nitrogens with one attached hydrogen (secondary N) is 1. The Morgan fingerprint density at radius 3 is 2.40 bits per heavy atom. The van der Waals surface area contributed by atoms with Crippen LogP contribution in [0.1, 0.15) is 22.8 Å². The number of halogens is 3. The normalized spacial score (nSPS) is 12.0. The van der Waals surface area contributed by atoms with Crippen molar-refractivity contribution in [1.82, 2.24) is 0 Å². The van der Waals surface area contributed by atoms with Gasteiger partial charge in [-0.2, -0.15) is 13.2 Å². The Hall–Kier alpha value is -2.55. The van der Waals surface area contributed by atoms with Gasteiger partial charge >= 0.3 is 6.18 Å². The average Bonchev–Trinajstić information content (AvgIpc) is 2.55. The number of phenols is 1. The van der Waals surface area contributed by atoms with Crippen molar-refractivity contribution in [3.63, 3.8) is 0 Å². The molecule has 9 heteroatoms. The van der Waals surface area contributed by atoms with Crippen LogP contribution in [0.5, 0.6) is 5.75 Å². The summed E-state index contributed by atoms with van der Waals surface area (Å²) in [5.41, 5.74) is -2.07. The number of hydrogen-bond acceptors (Lipinski definition) is 4. The smallest absolute Gasteiger partial charge is 0.417 e. The van der Waals surface area contributed by atoms with Crippen LogP contribution in [0.4, 0.5) is 18.9 Å². The first-order chi connectivity index (χ1) is 11.6. The molecule has 0 fully saturated rings. The monoisotopic (exact) mass is 373 g/mol. The van der Waals surface area contributed by atoms with E-state index in [2.05, 4.69) is 5.32 Å². The molecule has 1 amide bonds. The predicted molar refractivity (Wildman–Crippen MR) is 85.2 cm³/mol. The molecule has 0 saturated carbocycles. The molecule has 2 aromatic rings. The van der Waals surface area contributed by atoms with E-state index in [0.717, 1.165) is 36.4 Å². The molecule has 5 nitrogen and oxygen atoms in total. The fourth-order valence-corrected chi connectivity index (χ4v) is 3.00. The molecule has 0 unspecified atom stereocenters. The van der Waals surface area contributed by atoms with Gasteiger partial charge < -0.3 is 10.4 Å². The van der Waals surface area contributed by atoms with Crippen molar-refractivity contribution in [2.24, 2.45) is 0 Å². The fraction of sp³-hybridized carbons (Fsp3) is 0.188. The van der Waals surface area contributed by atoms with Crippen molar-refractivity contribution in [1.29, 1.82) is 0 Å². The first-order valence-corrected chi connectivity index (χ1v) is 8.75. The van der Waals surface area contributed by atoms with E-state index in [-0.39, 0.29) is 16.3 Å². The molecule has 0 bridgehead atoms. The summed E-state index contributed by atoms with van der Waals surface area (Å²) in [6, 6.07) is 7.35. The predicted octanol–water partition coefficient (Wildman–Crippen LogP) is 3.46. The minimum atomic E-state index is -4.73. The van der Waals surface area contributed by atoms with Crippen LogP contribution in [0.3, 0.4) is 0 Å². The summed E-state index contributed by atoms with van der Waals surface area (Å²) in [6.45, 7) is 1.42. The molecule has 0 aromatic heterocycles. The number of rotatable bonds is 4. The molecule has 0 radical (unpaired) electrons. The lowest BCUT2D eigenvalue weighted by molar-refractivity contribution is -0.137. The summed E-state index contributed by atoms with van der Waals surface area (Å²) in [5, 5.41) is 11.9. The maximum Gasteiger partial charge on any atom is 0.417 e. The summed E-state index contributed by atoms with van der Waals surface area (Å²) < 4.78 is 62.7. The van der Waals surface area contributed by atoms with Gasteiger partial charge in [0.15, 0.2) is 9.84 Å². The molecule has 2 rings (SSSR count). The fourth-order valence-electron chi connectivity index (χ4n) is 2.09. The molecule has 0 aliphatic heterocycles. The van der Waals surface area contributed by atoms with Crippen LogP contribution in [0, 0.1) is 0 Å². The van der Waals surface area contributed by atoms with Gasteiger partial charge in [0.2, 0.25) is 0 Å². The third-order valence-electron chi connectivity index (χ3n) is 3.43. The van der Waals surface area contributed by atoms with E-state index in [0.29, 0.717) is 0 Å². The van der Waals surface area contributed by atoms with Crippen molar-refractivity contribution < 1.29 is 31.5 Å². The second-order valence-electron chi connectivity index (χ2n) is 5.08. The highest BCUT2D eigenvalue weighted by Gasteiger charge is 2.35. The second-order valence-corrected chi connectivity index (χ2v) is 7.36. The Kier molecular flexibility index (Phi) is 5.07. The van der Waals surface area contributed by atoms with Gasteiger partial charge in [-0.1, -0.05) is 19.1 Å². The van der Waals surface area contributed by atoms with Crippen molar-refractivity contribution in [3.8, 4) is 5.75 Å². The molecule has 2 aromatic carbocycles. The van der Waals surface area contributed by atoms with E-state index in [1.807, 2.05) is 0 Å². The van der Waals surface area contributed by atoms with E-state index >= 15 is 0 Å². The number of carbonyl (C=O) groups excluding carboxylic acids is 1. The summed E-state index contributed by atoms with van der Waals surface area (Å²) in [7, 11) is -3.61. The van der Waals surface area contributed by atoms with Gasteiger partial charge in [-0.15, -0.1) is 0 Å². The lowest BCUT2D eigenvalue weighted by Crippen LogP contribution is -2.19. The van der Waals surface area contributed by atoms with Crippen LogP contribution in [0.15, 0.2) is 47.4 Å². The Morgan fingerprint density at radius 1 is 1.16 bits per heavy atom. The van der Waals surface area contributed by atoms with Crippen LogP contribution in [0.25, 0.3) is 0 Å². The van der Waals surface area contributed by atoms with Crippen molar-refractivity contribution >= 4 is 21.4 Å². The molecule has 0 aliphatic carbocycles. The number of amides is 1. The highest BCUT2D eigenvalue weighted by Crippen LogP contribution is 2.33. The number of aromatic hydroxyl groups is 1. The number of benzene rings is 2. The Morgan fingerprint density at radius 2 is 1.80 bits per heavy atom. The van der Waals surface area contributed by atoms with Crippen LogP contribution >= 0.6 is 0 Å². The van der Waals surface area contributed by atoms with Gasteiger partial charge in [0.05, 0.1) is 27.5 Å². The average molecular weight is 373 g/mol. The van der Waals surface area contributed by atoms with E-state index in [1.165, 1.54) is 13.0 Å². The summed E-state index contributed by atoms with van der Waals surface area (Å²) >= 11 is 0. The lowest BCUT2D eigenvalue weighted by Gasteiger charge is -2.14. The third-order valence-corrected chi connectivity index (χ3v) is 5.16. The summed E-state index contributed by atoms with van der Waals surface area (Å²) in [5.74, 6) is -1.79. The number of carbonyl (C=O) groups is 1. The highest BCUT2D eigenvalue weighted by atomic mass is 32.2. The Bertz CT molecular complexity index is 908. The molecule has 0 saturated heterocycles. The van der Waals surface area contributed by atoms with Crippen LogP contribution in [-0.4, -0.2) is 25.2 Å². The van der Waals surface area contributed by atoms with Gasteiger partial charge in [-0.3, -0.25) is 4.79 Å². The van der Waals surface area contributed by atoms with Gasteiger partial charge in [-0.25, -0.2) is 8.42 Å². The molecular formula is C16H14F3NO4S. The molecule has 0 aliphatic rings. The summed E-state index contributed by atoms with van der Waals surface area (Å²) in [4.78, 5) is 12.0. The van der Waals surface area contributed by atoms with E-state index in [4.69, 9.17) is 0 Å². The minimum Gasteiger partial charge on any atom is -0.506 e. The third kappa shape index (κ3) is 4.11. The zero-order valence-corrected chi connectivity index (χ0v) is 13.8. The van der Waals surface area contributed by atoms with Crippen LogP contribution in [0.2, 0.25) is 0 Å². The van der Waals surface area contributed by atoms with E-state index in [9.17, 15) is 31.5 Å². The minimum absolute atomic E-state index is 0.160. The second kappa shape index (κ2) is 6.75. The molecule has 134 valence electrons. The zero-order chi connectivity index (χ0) is 18.8. The largest absolute Gasteiger partial charge is 0.506 e. The SMILES string of the molecule is CCS(=O)(=O)c1ccc(O)c(NC(=O)c2ccccc2C(F)(F)F)c1. The Balaban J connectivity index is 2.42. The zero-order valence-electron chi connectivity index (χ0n) is 13.0. The van der Waals surface area contributed by atoms with Gasteiger partial charge in [0.1, 0.15) is 5.75 Å². The molecule has 0 spiro atoms. The number of hydrogen-bond donors (Lipinski definition) is 2. The number of phenolic OH excluding ortho intramolecular Hbond substituents is 1. The van der Waals surface area contributed by atoms with Gasteiger partial charge in [0, 0.05) is 0 Å². The molecule has 0 heterocycles. The first-order valence-electron chi connectivity index (χ1n) is 7.09. The molecule has 2 N–H and O–H groups in total. The van der Waals surface area contributed by atoms with Crippen LogP contribution in [-0.2, 0) is 16.0 Å². The van der Waals surface area contributed by atoms with Gasteiger partial charge in [0.25, 0.3) is 5.91 Å². The molecular weight excluding hydrogens is 359 g/mol. The Labute approximate surface area is 142 Å². The summed E-state index contributed by atoms with van der Waals surface area (Å²) in [6.07, 6.45) is -4.73. The van der Waals surface area contributed by atoms with E-state index in [1.54, 1.807) is 0 Å². The number of alkyl halides is 3. The topological polar surface area (TPSA) is 83.5 Å². The molecule has 0 atom stereocenters. The standard InChI is InChI=1S/C16H14F3NO4S/c1-2-25(23,24)10-7-8-14(21)13(9-10)20-15(22)11-5-3-4-6-12(11)16(17,18)19/h3-9,21H,2H2,1H3,(H,20,22).